The third kappa shape index (κ3) is 4.13. The third-order valence-electron chi connectivity index (χ3n) is 1.57. The fourth-order valence-corrected chi connectivity index (χ4v) is 2.03. The molecule has 15 heavy (non-hydrogen) atoms. The van der Waals surface area contributed by atoms with Crippen LogP contribution >= 0.6 is 31.9 Å². The van der Waals surface area contributed by atoms with Crippen molar-refractivity contribution in [2.75, 3.05) is 14.1 Å². The predicted molar refractivity (Wildman–Crippen MR) is 66.8 cm³/mol. The number of halogens is 2. The zero-order valence-corrected chi connectivity index (χ0v) is 11.5. The van der Waals surface area contributed by atoms with Crippen LogP contribution in [0.5, 0.6) is 0 Å². The minimum atomic E-state index is -0.0486. The van der Waals surface area contributed by atoms with E-state index in [1.165, 1.54) is 6.08 Å². The topological polar surface area (TPSA) is 33.2 Å². The predicted octanol–water partition coefficient (Wildman–Crippen LogP) is 2.86. The molecule has 0 atom stereocenters. The van der Waals surface area contributed by atoms with Crippen molar-refractivity contribution < 1.29 is 4.79 Å². The minimum Gasteiger partial charge on any atom is -0.383 e. The molecule has 0 N–H and O–H groups in total. The van der Waals surface area contributed by atoms with Crippen LogP contribution in [0.3, 0.4) is 0 Å². The Bertz CT molecular complexity index is 382. The second-order valence-corrected chi connectivity index (χ2v) is 4.77. The maximum absolute atomic E-state index is 11.7. The van der Waals surface area contributed by atoms with E-state index in [0.717, 1.165) is 0 Å². The zero-order valence-electron chi connectivity index (χ0n) is 8.37. The molecule has 1 aromatic rings. The molecule has 0 aliphatic carbocycles. The van der Waals surface area contributed by atoms with Crippen molar-refractivity contribution >= 4 is 37.6 Å². The van der Waals surface area contributed by atoms with Gasteiger partial charge in [0, 0.05) is 31.9 Å². The molecule has 0 saturated carbocycles. The first-order valence-corrected chi connectivity index (χ1v) is 5.79. The van der Waals surface area contributed by atoms with Gasteiger partial charge in [-0.3, -0.25) is 4.79 Å². The molecule has 0 radical (unpaired) electrons. The molecule has 0 bridgehead atoms. The van der Waals surface area contributed by atoms with Crippen LogP contribution < -0.4 is 0 Å². The highest BCUT2D eigenvalue weighted by Gasteiger charge is 2.05. The highest BCUT2D eigenvalue weighted by atomic mass is 79.9. The number of aromatic nitrogens is 1. The lowest BCUT2D eigenvalue weighted by Crippen LogP contribution is -2.03. The van der Waals surface area contributed by atoms with E-state index in [1.807, 2.05) is 19.0 Å². The van der Waals surface area contributed by atoms with Crippen molar-refractivity contribution in [3.8, 4) is 0 Å². The van der Waals surface area contributed by atoms with Crippen LogP contribution in [0, 0.1) is 0 Å². The summed E-state index contributed by atoms with van der Waals surface area (Å²) in [6, 6.07) is 3.38. The summed E-state index contributed by atoms with van der Waals surface area (Å²) in [6.45, 7) is 0. The first kappa shape index (κ1) is 12.4. The summed E-state index contributed by atoms with van der Waals surface area (Å²) in [4.78, 5) is 17.5. The van der Waals surface area contributed by atoms with Gasteiger partial charge in [-0.2, -0.15) is 0 Å². The number of carbonyl (C=O) groups is 1. The summed E-state index contributed by atoms with van der Waals surface area (Å²) in [6.07, 6.45) is 3.23. The Morgan fingerprint density at radius 3 is 2.33 bits per heavy atom. The fraction of sp³-hybridized carbons (Fsp3) is 0.200. The van der Waals surface area contributed by atoms with Crippen LogP contribution in [-0.2, 0) is 0 Å². The molecular weight excluding hydrogens is 324 g/mol. The number of ketones is 1. The Morgan fingerprint density at radius 1 is 1.33 bits per heavy atom. The molecule has 5 heteroatoms. The lowest BCUT2D eigenvalue weighted by atomic mass is 10.2. The second-order valence-electron chi connectivity index (χ2n) is 3.14. The van der Waals surface area contributed by atoms with E-state index in [0.29, 0.717) is 14.8 Å². The number of nitrogens with zero attached hydrogens (tertiary/aromatic N) is 2. The maximum atomic E-state index is 11.7. The summed E-state index contributed by atoms with van der Waals surface area (Å²) >= 11 is 6.47. The lowest BCUT2D eigenvalue weighted by molar-refractivity contribution is 0.104. The fourth-order valence-electron chi connectivity index (χ4n) is 0.920. The maximum Gasteiger partial charge on any atom is 0.187 e. The van der Waals surface area contributed by atoms with E-state index in [1.54, 1.807) is 18.3 Å². The van der Waals surface area contributed by atoms with Crippen LogP contribution in [0.1, 0.15) is 10.4 Å². The molecule has 0 amide bonds. The SMILES string of the molecule is CN(C)/C=C/C(=O)c1cc(Br)nc(Br)c1. The van der Waals surface area contributed by atoms with Gasteiger partial charge in [-0.05, 0) is 44.0 Å². The Balaban J connectivity index is 2.91. The van der Waals surface area contributed by atoms with Crippen molar-refractivity contribution in [2.45, 2.75) is 0 Å². The minimum absolute atomic E-state index is 0.0486. The number of pyridine rings is 1. The van der Waals surface area contributed by atoms with Crippen molar-refractivity contribution in [3.63, 3.8) is 0 Å². The molecular formula is C10H10Br2N2O. The van der Waals surface area contributed by atoms with Crippen molar-refractivity contribution in [1.29, 1.82) is 0 Å². The molecule has 1 heterocycles. The van der Waals surface area contributed by atoms with Crippen LogP contribution in [0.15, 0.2) is 33.6 Å². The number of allylic oxidation sites excluding steroid dienone is 1. The Kier molecular flexibility index (Phi) is 4.47. The Hall–Kier alpha value is -0.680. The van der Waals surface area contributed by atoms with E-state index >= 15 is 0 Å². The van der Waals surface area contributed by atoms with E-state index in [4.69, 9.17) is 0 Å². The van der Waals surface area contributed by atoms with Crippen molar-refractivity contribution in [3.05, 3.63) is 39.2 Å². The molecule has 0 spiro atoms. The van der Waals surface area contributed by atoms with Gasteiger partial charge in [-0.15, -0.1) is 0 Å². The summed E-state index contributed by atoms with van der Waals surface area (Å²) in [5.74, 6) is -0.0486. The smallest absolute Gasteiger partial charge is 0.187 e. The van der Waals surface area contributed by atoms with Crippen LogP contribution in [0.2, 0.25) is 0 Å². The van der Waals surface area contributed by atoms with Gasteiger partial charge >= 0.3 is 0 Å². The summed E-state index contributed by atoms with van der Waals surface area (Å²) in [5, 5.41) is 0. The average molecular weight is 334 g/mol. The van der Waals surface area contributed by atoms with E-state index < -0.39 is 0 Å². The quantitative estimate of drug-likeness (QED) is 0.484. The third-order valence-corrected chi connectivity index (χ3v) is 2.38. The monoisotopic (exact) mass is 332 g/mol. The summed E-state index contributed by atoms with van der Waals surface area (Å²) in [5.41, 5.74) is 0.599. The molecule has 0 aliphatic rings. The van der Waals surface area contributed by atoms with Crippen LogP contribution in [-0.4, -0.2) is 29.8 Å². The number of hydrogen-bond donors (Lipinski definition) is 0. The average Bonchev–Trinajstić information content (AvgIpc) is 2.12. The zero-order chi connectivity index (χ0) is 11.4. The van der Waals surface area contributed by atoms with Gasteiger partial charge in [0.15, 0.2) is 5.78 Å². The van der Waals surface area contributed by atoms with Gasteiger partial charge in [0.05, 0.1) is 0 Å². The Morgan fingerprint density at radius 2 is 1.87 bits per heavy atom. The van der Waals surface area contributed by atoms with Gasteiger partial charge in [0.2, 0.25) is 0 Å². The largest absolute Gasteiger partial charge is 0.383 e. The van der Waals surface area contributed by atoms with E-state index in [2.05, 4.69) is 36.8 Å². The molecule has 0 saturated heterocycles. The standard InChI is InChI=1S/C10H10Br2N2O/c1-14(2)4-3-8(15)7-5-9(11)13-10(12)6-7/h3-6H,1-2H3/b4-3+. The van der Waals surface area contributed by atoms with Gasteiger partial charge < -0.3 is 4.90 Å². The first-order valence-electron chi connectivity index (χ1n) is 4.21. The van der Waals surface area contributed by atoms with Gasteiger partial charge in [0.1, 0.15) is 9.21 Å². The molecule has 3 nitrogen and oxygen atoms in total. The number of rotatable bonds is 3. The van der Waals surface area contributed by atoms with Gasteiger partial charge in [-0.1, -0.05) is 0 Å². The summed E-state index contributed by atoms with van der Waals surface area (Å²) < 4.78 is 1.27. The van der Waals surface area contributed by atoms with Crippen molar-refractivity contribution in [2.24, 2.45) is 0 Å². The molecule has 0 unspecified atom stereocenters. The van der Waals surface area contributed by atoms with E-state index in [9.17, 15) is 4.79 Å². The van der Waals surface area contributed by atoms with Crippen LogP contribution in [0.25, 0.3) is 0 Å². The first-order chi connectivity index (χ1) is 6.99. The highest BCUT2D eigenvalue weighted by molar-refractivity contribution is 9.11. The molecule has 1 aromatic heterocycles. The molecule has 0 aliphatic heterocycles. The molecule has 0 aromatic carbocycles. The van der Waals surface area contributed by atoms with Crippen molar-refractivity contribution in [1.82, 2.24) is 9.88 Å². The van der Waals surface area contributed by atoms with E-state index in [-0.39, 0.29) is 5.78 Å². The van der Waals surface area contributed by atoms with Gasteiger partial charge in [-0.25, -0.2) is 4.98 Å². The summed E-state index contributed by atoms with van der Waals surface area (Å²) in [7, 11) is 3.73. The second kappa shape index (κ2) is 5.42. The number of hydrogen-bond acceptors (Lipinski definition) is 3. The van der Waals surface area contributed by atoms with Crippen LogP contribution in [0.4, 0.5) is 0 Å². The number of carbonyl (C=O) groups excluding carboxylic acids is 1. The molecule has 80 valence electrons. The normalized spacial score (nSPS) is 10.7. The van der Waals surface area contributed by atoms with Gasteiger partial charge in [0.25, 0.3) is 0 Å². The Labute approximate surface area is 105 Å². The lowest BCUT2D eigenvalue weighted by Gasteiger charge is -2.03. The molecule has 1 rings (SSSR count). The molecule has 0 fully saturated rings. The highest BCUT2D eigenvalue weighted by Crippen LogP contribution is 2.16.